The molecule has 0 aliphatic heterocycles. The highest BCUT2D eigenvalue weighted by atomic mass is 31.2. The van der Waals surface area contributed by atoms with E-state index in [0.29, 0.717) is 25.7 Å². The van der Waals surface area contributed by atoms with Crippen molar-refractivity contribution in [3.63, 3.8) is 0 Å². The first kappa shape index (κ1) is 88.1. The highest BCUT2D eigenvalue weighted by Crippen LogP contribution is 2.45. The van der Waals surface area contributed by atoms with E-state index in [0.717, 1.165) is 102 Å². The van der Waals surface area contributed by atoms with Crippen LogP contribution in [0.4, 0.5) is 0 Å². The monoisotopic (exact) mass is 1320 g/mol. The number of esters is 4. The molecule has 7 atom stereocenters. The lowest BCUT2D eigenvalue weighted by Gasteiger charge is -2.21. The Hall–Kier alpha value is -1.94. The van der Waals surface area contributed by atoms with Gasteiger partial charge in [0.25, 0.3) is 0 Å². The number of rotatable bonds is 70. The highest BCUT2D eigenvalue weighted by molar-refractivity contribution is 7.47. The SMILES string of the molecule is CCCCCCCCCCCCCCCC(=O)OC[C@H](COP(=O)(O)OC[C@@H](O)COP(=O)(O)OC[C@@H](COC(=O)CCCCCCCCCCCCC)OC(=O)CCCCCCCCCCC(C)CC)OC(=O)CCCCCCCCCCCCC(C)CC. The molecule has 90 heavy (non-hydrogen) atoms. The average molecular weight is 1330 g/mol. The number of aliphatic hydroxyl groups excluding tert-OH is 1. The van der Waals surface area contributed by atoms with Crippen LogP contribution >= 0.6 is 15.6 Å². The fraction of sp³-hybridized carbons (Fsp3) is 0.944. The molecule has 3 N–H and O–H groups in total. The van der Waals surface area contributed by atoms with Crippen LogP contribution < -0.4 is 0 Å². The van der Waals surface area contributed by atoms with Crippen molar-refractivity contribution in [2.75, 3.05) is 39.6 Å². The summed E-state index contributed by atoms with van der Waals surface area (Å²) >= 11 is 0. The Labute approximate surface area is 549 Å². The summed E-state index contributed by atoms with van der Waals surface area (Å²) in [5, 5.41) is 10.6. The molecule has 0 bridgehead atoms. The first-order valence-electron chi connectivity index (χ1n) is 37.1. The highest BCUT2D eigenvalue weighted by Gasteiger charge is 2.30. The second-order valence-electron chi connectivity index (χ2n) is 26.1. The minimum atomic E-state index is -4.95. The minimum Gasteiger partial charge on any atom is -0.462 e. The van der Waals surface area contributed by atoms with Crippen molar-refractivity contribution >= 4 is 39.5 Å². The number of phosphoric acid groups is 2. The molecule has 4 unspecified atom stereocenters. The molecule has 0 saturated carbocycles. The summed E-state index contributed by atoms with van der Waals surface area (Å²) in [6.45, 7) is 9.58. The largest absolute Gasteiger partial charge is 0.472 e. The fourth-order valence-corrected chi connectivity index (χ4v) is 12.3. The second-order valence-corrected chi connectivity index (χ2v) is 29.0. The molecular weight excluding hydrogens is 1190 g/mol. The summed E-state index contributed by atoms with van der Waals surface area (Å²) in [5.74, 6) is -0.549. The molecule has 0 spiro atoms. The molecule has 0 rings (SSSR count). The Morgan fingerprint density at radius 1 is 0.311 bits per heavy atom. The number of phosphoric ester groups is 2. The van der Waals surface area contributed by atoms with Crippen molar-refractivity contribution in [2.45, 2.75) is 381 Å². The van der Waals surface area contributed by atoms with Crippen LogP contribution in [0.25, 0.3) is 0 Å². The Morgan fingerprint density at radius 2 is 0.533 bits per heavy atom. The van der Waals surface area contributed by atoms with E-state index in [1.54, 1.807) is 0 Å². The molecule has 0 aliphatic carbocycles. The van der Waals surface area contributed by atoms with E-state index in [4.69, 9.17) is 37.0 Å². The van der Waals surface area contributed by atoms with Gasteiger partial charge in [0.2, 0.25) is 0 Å². The van der Waals surface area contributed by atoms with Gasteiger partial charge in [0.05, 0.1) is 26.4 Å². The molecule has 0 aromatic carbocycles. The molecule has 0 amide bonds. The van der Waals surface area contributed by atoms with Crippen LogP contribution in [0.15, 0.2) is 0 Å². The Morgan fingerprint density at radius 3 is 0.789 bits per heavy atom. The van der Waals surface area contributed by atoms with E-state index >= 15 is 0 Å². The lowest BCUT2D eigenvalue weighted by Crippen LogP contribution is -2.30. The van der Waals surface area contributed by atoms with E-state index in [1.165, 1.54) is 180 Å². The molecule has 0 aliphatic rings. The summed E-state index contributed by atoms with van der Waals surface area (Å²) in [6, 6.07) is 0. The number of carbonyl (C=O) groups is 4. The van der Waals surface area contributed by atoms with Crippen LogP contribution in [-0.2, 0) is 65.4 Å². The number of carbonyl (C=O) groups excluding carboxylic acids is 4. The van der Waals surface area contributed by atoms with Gasteiger partial charge in [-0.2, -0.15) is 0 Å². The molecule has 534 valence electrons. The predicted molar refractivity (Wildman–Crippen MR) is 363 cm³/mol. The predicted octanol–water partition coefficient (Wildman–Crippen LogP) is 20.4. The third-order valence-corrected chi connectivity index (χ3v) is 19.1. The molecule has 0 fully saturated rings. The number of hydrogen-bond donors (Lipinski definition) is 3. The number of hydrogen-bond acceptors (Lipinski definition) is 15. The first-order chi connectivity index (χ1) is 43.4. The number of unbranched alkanes of at least 4 members (excludes halogenated alkanes) is 38. The second kappa shape index (κ2) is 63.1. The minimum absolute atomic E-state index is 0.105. The van der Waals surface area contributed by atoms with Crippen molar-refractivity contribution in [1.29, 1.82) is 0 Å². The summed E-state index contributed by atoms with van der Waals surface area (Å²) in [6.07, 6.45) is 48.3. The molecule has 0 aromatic rings. The van der Waals surface area contributed by atoms with Crippen molar-refractivity contribution in [3.05, 3.63) is 0 Å². The van der Waals surface area contributed by atoms with Gasteiger partial charge in [-0.05, 0) is 37.5 Å². The Balaban J connectivity index is 5.27. The van der Waals surface area contributed by atoms with Crippen LogP contribution in [-0.4, -0.2) is 96.7 Å². The van der Waals surface area contributed by atoms with Crippen molar-refractivity contribution < 1.29 is 80.2 Å². The summed E-state index contributed by atoms with van der Waals surface area (Å²) in [4.78, 5) is 72.6. The average Bonchev–Trinajstić information content (AvgIpc) is 3.73. The van der Waals surface area contributed by atoms with Crippen molar-refractivity contribution in [1.82, 2.24) is 0 Å². The van der Waals surface area contributed by atoms with Crippen molar-refractivity contribution in [2.24, 2.45) is 11.8 Å². The molecule has 0 heterocycles. The summed E-state index contributed by atoms with van der Waals surface area (Å²) < 4.78 is 68.3. The zero-order chi connectivity index (χ0) is 66.5. The Bertz CT molecular complexity index is 1760. The quantitative estimate of drug-likeness (QED) is 0.0222. The number of aliphatic hydroxyl groups is 1. The van der Waals surface area contributed by atoms with Crippen LogP contribution in [0.2, 0.25) is 0 Å². The van der Waals surface area contributed by atoms with Gasteiger partial charge in [-0.25, -0.2) is 9.13 Å². The van der Waals surface area contributed by atoms with E-state index in [2.05, 4.69) is 41.5 Å². The Kier molecular flexibility index (Phi) is 61.8. The zero-order valence-corrected chi connectivity index (χ0v) is 60.2. The zero-order valence-electron chi connectivity index (χ0n) is 58.4. The first-order valence-corrected chi connectivity index (χ1v) is 40.1. The van der Waals surface area contributed by atoms with Gasteiger partial charge in [0.15, 0.2) is 12.2 Å². The summed E-state index contributed by atoms with van der Waals surface area (Å²) in [5.41, 5.74) is 0. The van der Waals surface area contributed by atoms with E-state index < -0.39 is 97.5 Å². The van der Waals surface area contributed by atoms with Crippen molar-refractivity contribution in [3.8, 4) is 0 Å². The van der Waals surface area contributed by atoms with Gasteiger partial charge in [-0.15, -0.1) is 0 Å². The molecule has 17 nitrogen and oxygen atoms in total. The molecule has 0 radical (unpaired) electrons. The lowest BCUT2D eigenvalue weighted by molar-refractivity contribution is -0.161. The molecule has 19 heteroatoms. The fourth-order valence-electron chi connectivity index (χ4n) is 10.7. The smallest absolute Gasteiger partial charge is 0.462 e. The third kappa shape index (κ3) is 62.2. The summed E-state index contributed by atoms with van der Waals surface area (Å²) in [7, 11) is -9.90. The lowest BCUT2D eigenvalue weighted by atomic mass is 9.99. The topological polar surface area (TPSA) is 237 Å². The third-order valence-electron chi connectivity index (χ3n) is 17.2. The maximum absolute atomic E-state index is 13.0. The molecule has 0 saturated heterocycles. The maximum Gasteiger partial charge on any atom is 0.472 e. The van der Waals surface area contributed by atoms with Gasteiger partial charge in [0, 0.05) is 25.7 Å². The van der Waals surface area contributed by atoms with Crippen LogP contribution in [0.5, 0.6) is 0 Å². The van der Waals surface area contributed by atoms with E-state index in [9.17, 15) is 43.2 Å². The van der Waals surface area contributed by atoms with Gasteiger partial charge in [0.1, 0.15) is 19.3 Å². The standard InChI is InChI=1S/C71H138O17P2/c1-7-11-13-15-17-19-21-22-24-29-36-42-48-54-69(74)82-59-66(87-70(75)55-49-43-37-30-26-25-27-33-39-45-51-63(5)9-3)61-85-89(77,78)83-57-65(72)58-84-90(79,80)86-62-67(60-81-68(73)53-47-41-35-28-23-20-18-16-14-12-8-2)88-71(76)56-50-44-38-32-31-34-40-46-52-64(6)10-4/h63-67,72H,7-62H2,1-6H3,(H,77,78)(H,79,80)/t63?,64?,65-,66-,67-/m1/s1. The van der Waals surface area contributed by atoms with Gasteiger partial charge in [-0.1, -0.05) is 311 Å². The van der Waals surface area contributed by atoms with E-state index in [1.807, 2.05) is 0 Å². The molecule has 0 aromatic heterocycles. The van der Waals surface area contributed by atoms with Gasteiger partial charge < -0.3 is 33.8 Å². The van der Waals surface area contributed by atoms with Crippen LogP contribution in [0, 0.1) is 11.8 Å². The van der Waals surface area contributed by atoms with Crippen LogP contribution in [0.1, 0.15) is 363 Å². The van der Waals surface area contributed by atoms with Crippen LogP contribution in [0.3, 0.4) is 0 Å². The normalized spacial score (nSPS) is 14.7. The molecular formula is C71H138O17P2. The van der Waals surface area contributed by atoms with E-state index in [-0.39, 0.29) is 25.7 Å². The van der Waals surface area contributed by atoms with Gasteiger partial charge in [-0.3, -0.25) is 37.3 Å². The number of ether oxygens (including phenoxy) is 4. The maximum atomic E-state index is 13.0. The van der Waals surface area contributed by atoms with Gasteiger partial charge >= 0.3 is 39.5 Å².